The molecule has 0 aliphatic heterocycles. The van der Waals surface area contributed by atoms with Gasteiger partial charge in [0.05, 0.1) is 23.0 Å². The lowest BCUT2D eigenvalue weighted by Gasteiger charge is -2.07. The van der Waals surface area contributed by atoms with Gasteiger partial charge in [-0.05, 0) is 12.1 Å². The highest BCUT2D eigenvalue weighted by Gasteiger charge is 2.12. The van der Waals surface area contributed by atoms with Crippen molar-refractivity contribution in [2.24, 2.45) is 0 Å². The molecule has 0 amide bonds. The smallest absolute Gasteiger partial charge is 0.275 e. The van der Waals surface area contributed by atoms with Crippen LogP contribution in [0.2, 0.25) is 5.15 Å². The second-order valence-corrected chi connectivity index (χ2v) is 4.95. The molecule has 1 heterocycles. The van der Waals surface area contributed by atoms with Gasteiger partial charge in [0.15, 0.2) is 0 Å². The van der Waals surface area contributed by atoms with Gasteiger partial charge < -0.3 is 4.74 Å². The lowest BCUT2D eigenvalue weighted by atomic mass is 10.3. The van der Waals surface area contributed by atoms with Gasteiger partial charge in [0.25, 0.3) is 5.69 Å². The monoisotopic (exact) mass is 296 g/mol. The highest BCUT2D eigenvalue weighted by molar-refractivity contribution is 7.99. The molecule has 1 aromatic heterocycles. The van der Waals surface area contributed by atoms with Gasteiger partial charge in [-0.3, -0.25) is 10.1 Å². The van der Waals surface area contributed by atoms with Crippen LogP contribution in [0.4, 0.5) is 5.69 Å². The Bertz CT molecular complexity index is 622. The summed E-state index contributed by atoms with van der Waals surface area (Å²) in [6.07, 6.45) is 0. The summed E-state index contributed by atoms with van der Waals surface area (Å²) in [6, 6.07) is 9.94. The van der Waals surface area contributed by atoms with E-state index in [1.165, 1.54) is 23.9 Å². The van der Waals surface area contributed by atoms with Gasteiger partial charge in [0.1, 0.15) is 15.9 Å². The van der Waals surface area contributed by atoms with Gasteiger partial charge in [-0.25, -0.2) is 4.98 Å². The first-order valence-electron chi connectivity index (χ1n) is 5.23. The number of nitrogens with zero attached hydrogens (tertiary/aromatic N) is 2. The summed E-state index contributed by atoms with van der Waals surface area (Å²) in [6.45, 7) is 0. The van der Waals surface area contributed by atoms with Crippen molar-refractivity contribution in [2.45, 2.75) is 9.92 Å². The maximum absolute atomic E-state index is 10.8. The summed E-state index contributed by atoms with van der Waals surface area (Å²) < 4.78 is 5.21. The second-order valence-electron chi connectivity index (χ2n) is 3.50. The van der Waals surface area contributed by atoms with E-state index in [0.29, 0.717) is 10.8 Å². The highest BCUT2D eigenvalue weighted by atomic mass is 35.5. The molecule has 0 fully saturated rings. The number of hydrogen-bond acceptors (Lipinski definition) is 5. The van der Waals surface area contributed by atoms with Crippen molar-refractivity contribution in [1.82, 2.24) is 4.98 Å². The normalized spacial score (nSPS) is 10.2. The van der Waals surface area contributed by atoms with Crippen molar-refractivity contribution in [3.63, 3.8) is 0 Å². The van der Waals surface area contributed by atoms with Crippen molar-refractivity contribution in [3.8, 4) is 5.75 Å². The number of pyridine rings is 1. The molecule has 0 unspecified atom stereocenters. The predicted octanol–water partition coefficient (Wildman–Crippen LogP) is 3.80. The molecule has 2 aromatic rings. The maximum Gasteiger partial charge on any atom is 0.275 e. The summed E-state index contributed by atoms with van der Waals surface area (Å²) >= 11 is 7.03. The fourth-order valence-corrected chi connectivity index (χ4v) is 2.63. The molecule has 0 aliphatic rings. The molecular formula is C12H9ClN2O3S. The molecule has 19 heavy (non-hydrogen) atoms. The van der Waals surface area contributed by atoms with E-state index in [0.717, 1.165) is 4.90 Å². The average molecular weight is 297 g/mol. The topological polar surface area (TPSA) is 65.3 Å². The molecule has 2 rings (SSSR count). The Balaban J connectivity index is 2.35. The third-order valence-corrected chi connectivity index (χ3v) is 3.42. The zero-order chi connectivity index (χ0) is 13.8. The molecule has 0 atom stereocenters. The fourth-order valence-electron chi connectivity index (χ4n) is 1.43. The average Bonchev–Trinajstić information content (AvgIpc) is 2.38. The van der Waals surface area contributed by atoms with E-state index in [2.05, 4.69) is 4.98 Å². The second kappa shape index (κ2) is 5.90. The number of benzene rings is 1. The van der Waals surface area contributed by atoms with E-state index in [1.807, 2.05) is 18.2 Å². The van der Waals surface area contributed by atoms with Gasteiger partial charge in [0.2, 0.25) is 0 Å². The Morgan fingerprint density at radius 2 is 2.11 bits per heavy atom. The molecule has 0 aliphatic carbocycles. The first kappa shape index (κ1) is 13.6. The first-order valence-corrected chi connectivity index (χ1v) is 6.42. The van der Waals surface area contributed by atoms with Gasteiger partial charge in [-0.1, -0.05) is 35.5 Å². The Kier molecular flexibility index (Phi) is 4.24. The van der Waals surface area contributed by atoms with Crippen LogP contribution in [0.15, 0.2) is 46.3 Å². The molecule has 7 heteroatoms. The van der Waals surface area contributed by atoms with Crippen LogP contribution in [0, 0.1) is 10.1 Å². The largest absolute Gasteiger partial charge is 0.496 e. The number of nitro groups is 1. The van der Waals surface area contributed by atoms with E-state index in [9.17, 15) is 10.1 Å². The molecule has 0 bridgehead atoms. The number of halogens is 1. The molecule has 0 saturated heterocycles. The van der Waals surface area contributed by atoms with Crippen molar-refractivity contribution in [1.29, 1.82) is 0 Å². The zero-order valence-corrected chi connectivity index (χ0v) is 11.4. The third-order valence-electron chi connectivity index (χ3n) is 2.25. The summed E-state index contributed by atoms with van der Waals surface area (Å²) in [5, 5.41) is 11.3. The Labute approximate surface area is 118 Å². The molecule has 0 N–H and O–H groups in total. The van der Waals surface area contributed by atoms with Gasteiger partial charge in [-0.15, -0.1) is 0 Å². The minimum absolute atomic E-state index is 0.0857. The number of methoxy groups -OCH3 is 1. The number of ether oxygens (including phenoxy) is 1. The van der Waals surface area contributed by atoms with E-state index in [1.54, 1.807) is 13.2 Å². The number of rotatable bonds is 4. The van der Waals surface area contributed by atoms with Crippen molar-refractivity contribution in [3.05, 3.63) is 51.7 Å². The van der Waals surface area contributed by atoms with Crippen LogP contribution in [0.1, 0.15) is 0 Å². The molecular weight excluding hydrogens is 288 g/mol. The van der Waals surface area contributed by atoms with Crippen LogP contribution in [0.25, 0.3) is 0 Å². The van der Waals surface area contributed by atoms with E-state index < -0.39 is 4.92 Å². The number of para-hydroxylation sites is 1. The SMILES string of the molecule is COc1ccccc1Sc1cc([N+](=O)[O-])cc(Cl)n1. The highest BCUT2D eigenvalue weighted by Crippen LogP contribution is 2.35. The first-order chi connectivity index (χ1) is 9.10. The van der Waals surface area contributed by atoms with Crippen LogP contribution < -0.4 is 4.74 Å². The molecule has 98 valence electrons. The van der Waals surface area contributed by atoms with Crippen LogP contribution in [0.5, 0.6) is 5.75 Å². The Morgan fingerprint density at radius 1 is 1.37 bits per heavy atom. The van der Waals surface area contributed by atoms with Gasteiger partial charge >= 0.3 is 0 Å². The fraction of sp³-hybridized carbons (Fsp3) is 0.0833. The third kappa shape index (κ3) is 3.36. The van der Waals surface area contributed by atoms with Crippen LogP contribution in [-0.2, 0) is 0 Å². The Morgan fingerprint density at radius 3 is 2.79 bits per heavy atom. The number of hydrogen-bond donors (Lipinski definition) is 0. The summed E-state index contributed by atoms with van der Waals surface area (Å²) in [7, 11) is 1.56. The standard InChI is InChI=1S/C12H9ClN2O3S/c1-18-9-4-2-3-5-10(9)19-12-7-8(15(16)17)6-11(13)14-12/h2-7H,1H3. The quantitative estimate of drug-likeness (QED) is 0.488. The van der Waals surface area contributed by atoms with E-state index in [4.69, 9.17) is 16.3 Å². The van der Waals surface area contributed by atoms with Crippen LogP contribution in [-0.4, -0.2) is 17.0 Å². The van der Waals surface area contributed by atoms with Crippen molar-refractivity contribution in [2.75, 3.05) is 7.11 Å². The molecule has 0 saturated carbocycles. The predicted molar refractivity (Wildman–Crippen MR) is 73.0 cm³/mol. The molecule has 5 nitrogen and oxygen atoms in total. The van der Waals surface area contributed by atoms with Gasteiger partial charge in [-0.2, -0.15) is 0 Å². The summed E-state index contributed by atoms with van der Waals surface area (Å²) in [5.41, 5.74) is -0.0857. The lowest BCUT2D eigenvalue weighted by molar-refractivity contribution is -0.385. The van der Waals surface area contributed by atoms with Gasteiger partial charge in [0, 0.05) is 6.07 Å². The van der Waals surface area contributed by atoms with Crippen LogP contribution >= 0.6 is 23.4 Å². The lowest BCUT2D eigenvalue weighted by Crippen LogP contribution is -1.91. The van der Waals surface area contributed by atoms with Crippen molar-refractivity contribution < 1.29 is 9.66 Å². The molecule has 0 radical (unpaired) electrons. The van der Waals surface area contributed by atoms with Crippen LogP contribution in [0.3, 0.4) is 0 Å². The number of aromatic nitrogens is 1. The maximum atomic E-state index is 10.8. The zero-order valence-electron chi connectivity index (χ0n) is 9.87. The summed E-state index contributed by atoms with van der Waals surface area (Å²) in [5.74, 6) is 0.678. The van der Waals surface area contributed by atoms with Crippen molar-refractivity contribution >= 4 is 29.1 Å². The minimum atomic E-state index is -0.500. The molecule has 1 aromatic carbocycles. The summed E-state index contributed by atoms with van der Waals surface area (Å²) in [4.78, 5) is 15.1. The minimum Gasteiger partial charge on any atom is -0.496 e. The van der Waals surface area contributed by atoms with E-state index >= 15 is 0 Å². The molecule has 0 spiro atoms. The Hall–Kier alpha value is -1.79. The van der Waals surface area contributed by atoms with E-state index in [-0.39, 0.29) is 10.8 Å².